The summed E-state index contributed by atoms with van der Waals surface area (Å²) in [6.45, 7) is 3.72. The molecule has 17 heavy (non-hydrogen) atoms. The Bertz CT molecular complexity index is 551. The molecule has 1 aliphatic heterocycles. The monoisotopic (exact) mass is 228 g/mol. The first kappa shape index (κ1) is 10.5. The Balaban J connectivity index is 2.31. The molecule has 0 aliphatic carbocycles. The van der Waals surface area contributed by atoms with Crippen molar-refractivity contribution in [1.82, 2.24) is 10.3 Å². The van der Waals surface area contributed by atoms with Crippen molar-refractivity contribution in [2.45, 2.75) is 19.8 Å². The third kappa shape index (κ3) is 1.76. The van der Waals surface area contributed by atoms with Gasteiger partial charge in [0.1, 0.15) is 12.2 Å². The summed E-state index contributed by atoms with van der Waals surface area (Å²) in [5, 5.41) is 4.46. The summed E-state index contributed by atoms with van der Waals surface area (Å²) < 4.78 is 5.79. The van der Waals surface area contributed by atoms with Gasteiger partial charge in [0.2, 0.25) is 0 Å². The zero-order valence-electron chi connectivity index (χ0n) is 9.99. The third-order valence-corrected chi connectivity index (χ3v) is 3.28. The standard InChI is InChI=1S/C14H16N2O/c1-2-10-8-11-5-7-15-9-17-14(11)13-12(10)4-3-6-16-13/h3-4,6,8,15H,2,5,7,9H2,1H3. The largest absolute Gasteiger partial charge is 0.476 e. The predicted octanol–water partition coefficient (Wildman–Crippen LogP) is 2.28. The Hall–Kier alpha value is -1.61. The lowest BCUT2D eigenvalue weighted by molar-refractivity contribution is 0.297. The van der Waals surface area contributed by atoms with Gasteiger partial charge >= 0.3 is 0 Å². The van der Waals surface area contributed by atoms with Crippen molar-refractivity contribution in [2.75, 3.05) is 13.3 Å². The van der Waals surface area contributed by atoms with E-state index in [0.717, 1.165) is 30.7 Å². The highest BCUT2D eigenvalue weighted by molar-refractivity contribution is 5.89. The lowest BCUT2D eigenvalue weighted by Gasteiger charge is -2.12. The number of benzene rings is 1. The highest BCUT2D eigenvalue weighted by Crippen LogP contribution is 2.32. The van der Waals surface area contributed by atoms with E-state index in [1.807, 2.05) is 12.3 Å². The number of rotatable bonds is 1. The summed E-state index contributed by atoms with van der Waals surface area (Å²) in [6, 6.07) is 6.39. The fourth-order valence-electron chi connectivity index (χ4n) is 2.41. The molecule has 0 saturated carbocycles. The lowest BCUT2D eigenvalue weighted by Crippen LogP contribution is -2.19. The minimum Gasteiger partial charge on any atom is -0.476 e. The van der Waals surface area contributed by atoms with Gasteiger partial charge in [-0.05, 0) is 30.0 Å². The van der Waals surface area contributed by atoms with Gasteiger partial charge in [-0.3, -0.25) is 10.3 Å². The zero-order valence-corrected chi connectivity index (χ0v) is 9.99. The van der Waals surface area contributed by atoms with Crippen LogP contribution in [0.5, 0.6) is 5.75 Å². The first-order valence-electron chi connectivity index (χ1n) is 6.13. The van der Waals surface area contributed by atoms with Gasteiger partial charge in [0, 0.05) is 18.1 Å². The van der Waals surface area contributed by atoms with E-state index in [2.05, 4.69) is 29.4 Å². The first-order chi connectivity index (χ1) is 8.40. The molecule has 3 nitrogen and oxygen atoms in total. The molecular formula is C14H16N2O. The molecule has 1 aliphatic rings. The summed E-state index contributed by atoms with van der Waals surface area (Å²) >= 11 is 0. The van der Waals surface area contributed by atoms with E-state index < -0.39 is 0 Å². The second kappa shape index (κ2) is 4.34. The summed E-state index contributed by atoms with van der Waals surface area (Å²) in [4.78, 5) is 4.49. The number of ether oxygens (including phenoxy) is 1. The molecule has 0 atom stereocenters. The maximum Gasteiger partial charge on any atom is 0.150 e. The van der Waals surface area contributed by atoms with Crippen LogP contribution in [-0.4, -0.2) is 18.3 Å². The van der Waals surface area contributed by atoms with Crippen LogP contribution in [0.15, 0.2) is 24.4 Å². The van der Waals surface area contributed by atoms with E-state index in [1.54, 1.807) is 0 Å². The molecule has 0 amide bonds. The Labute approximate surface area is 101 Å². The molecular weight excluding hydrogens is 212 g/mol. The second-order valence-corrected chi connectivity index (χ2v) is 4.32. The van der Waals surface area contributed by atoms with Gasteiger partial charge in [0.05, 0.1) is 0 Å². The van der Waals surface area contributed by atoms with E-state index >= 15 is 0 Å². The van der Waals surface area contributed by atoms with Crippen LogP contribution in [0, 0.1) is 0 Å². The maximum atomic E-state index is 5.79. The van der Waals surface area contributed by atoms with E-state index in [0.29, 0.717) is 6.73 Å². The Morgan fingerprint density at radius 1 is 1.47 bits per heavy atom. The van der Waals surface area contributed by atoms with Gasteiger partial charge in [0.25, 0.3) is 0 Å². The maximum absolute atomic E-state index is 5.79. The number of aromatic nitrogens is 1. The predicted molar refractivity (Wildman–Crippen MR) is 68.3 cm³/mol. The minimum atomic E-state index is 0.574. The smallest absolute Gasteiger partial charge is 0.150 e. The molecule has 3 heteroatoms. The van der Waals surface area contributed by atoms with E-state index in [1.165, 1.54) is 16.5 Å². The molecule has 0 saturated heterocycles. The quantitative estimate of drug-likeness (QED) is 0.813. The molecule has 2 aromatic rings. The molecule has 1 N–H and O–H groups in total. The number of pyridine rings is 1. The fourth-order valence-corrected chi connectivity index (χ4v) is 2.41. The van der Waals surface area contributed by atoms with Crippen molar-refractivity contribution >= 4 is 10.9 Å². The van der Waals surface area contributed by atoms with Crippen LogP contribution >= 0.6 is 0 Å². The molecule has 3 rings (SSSR count). The van der Waals surface area contributed by atoms with E-state index in [-0.39, 0.29) is 0 Å². The molecule has 0 radical (unpaired) electrons. The van der Waals surface area contributed by atoms with Crippen molar-refractivity contribution in [2.24, 2.45) is 0 Å². The van der Waals surface area contributed by atoms with Gasteiger partial charge in [-0.15, -0.1) is 0 Å². The lowest BCUT2D eigenvalue weighted by atomic mass is 9.99. The highest BCUT2D eigenvalue weighted by Gasteiger charge is 2.15. The number of nitrogens with zero attached hydrogens (tertiary/aromatic N) is 1. The normalized spacial score (nSPS) is 15.1. The van der Waals surface area contributed by atoms with Crippen LogP contribution < -0.4 is 10.1 Å². The molecule has 2 heterocycles. The zero-order chi connectivity index (χ0) is 11.7. The molecule has 0 spiro atoms. The summed E-state index contributed by atoms with van der Waals surface area (Å²) in [5.74, 6) is 0.961. The van der Waals surface area contributed by atoms with Crippen molar-refractivity contribution in [3.8, 4) is 5.75 Å². The SMILES string of the molecule is CCc1cc2c(c3ncccc13)OCNCC2. The second-order valence-electron chi connectivity index (χ2n) is 4.32. The highest BCUT2D eigenvalue weighted by atomic mass is 16.5. The third-order valence-electron chi connectivity index (χ3n) is 3.28. The van der Waals surface area contributed by atoms with Gasteiger partial charge in [0.15, 0.2) is 5.75 Å². The molecule has 0 bridgehead atoms. The van der Waals surface area contributed by atoms with Gasteiger partial charge < -0.3 is 4.74 Å². The topological polar surface area (TPSA) is 34.1 Å². The van der Waals surface area contributed by atoms with Crippen LogP contribution in [0.3, 0.4) is 0 Å². The number of nitrogens with one attached hydrogen (secondary N) is 1. The summed E-state index contributed by atoms with van der Waals surface area (Å²) in [7, 11) is 0. The molecule has 1 aromatic carbocycles. The molecule has 88 valence electrons. The first-order valence-corrected chi connectivity index (χ1v) is 6.13. The van der Waals surface area contributed by atoms with Gasteiger partial charge in [-0.2, -0.15) is 0 Å². The van der Waals surface area contributed by atoms with Crippen LogP contribution in [0.4, 0.5) is 0 Å². The molecule has 0 unspecified atom stereocenters. The van der Waals surface area contributed by atoms with Crippen LogP contribution in [0.25, 0.3) is 10.9 Å². The summed E-state index contributed by atoms with van der Waals surface area (Å²) in [5.41, 5.74) is 3.64. The van der Waals surface area contributed by atoms with Crippen molar-refractivity contribution in [3.05, 3.63) is 35.5 Å². The number of hydrogen-bond acceptors (Lipinski definition) is 3. The average Bonchev–Trinajstić information content (AvgIpc) is 2.63. The van der Waals surface area contributed by atoms with Crippen molar-refractivity contribution in [1.29, 1.82) is 0 Å². The van der Waals surface area contributed by atoms with Crippen molar-refractivity contribution < 1.29 is 4.74 Å². The minimum absolute atomic E-state index is 0.574. The van der Waals surface area contributed by atoms with Crippen LogP contribution in [0.1, 0.15) is 18.1 Å². The van der Waals surface area contributed by atoms with Crippen LogP contribution in [0.2, 0.25) is 0 Å². The van der Waals surface area contributed by atoms with E-state index in [9.17, 15) is 0 Å². The number of aryl methyl sites for hydroxylation is 1. The number of fused-ring (bicyclic) bond motifs is 3. The summed E-state index contributed by atoms with van der Waals surface area (Å²) in [6.07, 6.45) is 3.88. The molecule has 1 aromatic heterocycles. The molecule has 0 fully saturated rings. The van der Waals surface area contributed by atoms with E-state index in [4.69, 9.17) is 4.74 Å². The Kier molecular flexibility index (Phi) is 2.69. The van der Waals surface area contributed by atoms with Crippen molar-refractivity contribution in [3.63, 3.8) is 0 Å². The Morgan fingerprint density at radius 3 is 3.29 bits per heavy atom. The van der Waals surface area contributed by atoms with Crippen LogP contribution in [-0.2, 0) is 12.8 Å². The average molecular weight is 228 g/mol. The fraction of sp³-hybridized carbons (Fsp3) is 0.357. The van der Waals surface area contributed by atoms with Gasteiger partial charge in [-0.25, -0.2) is 0 Å². The Morgan fingerprint density at radius 2 is 2.41 bits per heavy atom. The van der Waals surface area contributed by atoms with Gasteiger partial charge in [-0.1, -0.05) is 19.1 Å². The number of hydrogen-bond donors (Lipinski definition) is 1.